The topological polar surface area (TPSA) is 0 Å². The van der Waals surface area contributed by atoms with Crippen molar-refractivity contribution >= 4 is 67.8 Å². The predicted octanol–water partition coefficient (Wildman–Crippen LogP) is 4.85. The van der Waals surface area contributed by atoms with E-state index in [9.17, 15) is 0 Å². The van der Waals surface area contributed by atoms with E-state index < -0.39 is 0 Å². The van der Waals surface area contributed by atoms with Crippen LogP contribution in [0.3, 0.4) is 0 Å². The molecule has 0 aliphatic rings. The van der Waals surface area contributed by atoms with Crippen LogP contribution in [0.4, 0.5) is 0 Å². The first kappa shape index (κ1) is 12.5. The van der Waals surface area contributed by atoms with Gasteiger partial charge in [0.05, 0.1) is 0 Å². The Morgan fingerprint density at radius 3 is 2.15 bits per heavy atom. The van der Waals surface area contributed by atoms with E-state index in [2.05, 4.69) is 93.2 Å². The molecule has 0 N–H and O–H groups in total. The molecule has 1 aromatic carbocycles. The van der Waals surface area contributed by atoms with Crippen LogP contribution in [0, 0.1) is 17.1 Å². The summed E-state index contributed by atoms with van der Waals surface area (Å²) >= 11 is 7.18. The minimum atomic E-state index is 1.17. The van der Waals surface area contributed by atoms with Gasteiger partial charge in [-0.1, -0.05) is 13.3 Å². The molecule has 13 heavy (non-hydrogen) atoms. The smallest absolute Gasteiger partial charge is 0.0186 e. The lowest BCUT2D eigenvalue weighted by molar-refractivity contribution is 0.910. The largest absolute Gasteiger partial charge is 0.0654 e. The molecule has 0 atom stereocenters. The van der Waals surface area contributed by atoms with E-state index in [1.54, 1.807) is 0 Å². The summed E-state index contributed by atoms with van der Waals surface area (Å²) in [4.78, 5) is 0. The maximum Gasteiger partial charge on any atom is 0.0186 e. The Balaban J connectivity index is 2.92. The van der Waals surface area contributed by atoms with E-state index in [0.29, 0.717) is 0 Å². The lowest BCUT2D eigenvalue weighted by Crippen LogP contribution is -1.92. The fourth-order valence-corrected chi connectivity index (χ4v) is 5.06. The van der Waals surface area contributed by atoms with Crippen LogP contribution in [0.1, 0.15) is 25.3 Å². The fourth-order valence-electron chi connectivity index (χ4n) is 1.04. The van der Waals surface area contributed by atoms with Crippen molar-refractivity contribution in [3.63, 3.8) is 0 Å². The molecule has 1 radical (unpaired) electrons. The first-order valence-corrected chi connectivity index (χ1v) is 7.36. The lowest BCUT2D eigenvalue weighted by atomic mass is 10.1. The van der Waals surface area contributed by atoms with Crippen LogP contribution in [-0.4, -0.2) is 0 Å². The number of unbranched alkanes of at least 4 members (excludes halogenated alkanes) is 1. The van der Waals surface area contributed by atoms with Crippen LogP contribution in [0.15, 0.2) is 12.1 Å². The highest BCUT2D eigenvalue weighted by Gasteiger charge is 2.05. The molecule has 0 unspecified atom stereocenters. The molecule has 0 amide bonds. The summed E-state index contributed by atoms with van der Waals surface area (Å²) < 4.78 is 4.05. The van der Waals surface area contributed by atoms with Gasteiger partial charge in [0, 0.05) is 10.7 Å². The van der Waals surface area contributed by atoms with Crippen molar-refractivity contribution in [1.29, 1.82) is 0 Å². The third-order valence-corrected chi connectivity index (χ3v) is 4.09. The van der Waals surface area contributed by atoms with Crippen LogP contribution < -0.4 is 0 Å². The molecule has 0 aliphatic heterocycles. The molecule has 1 aromatic rings. The minimum Gasteiger partial charge on any atom is -0.0654 e. The molecular formula is C10H10I3. The minimum absolute atomic E-state index is 1.17. The molecule has 0 saturated heterocycles. The normalized spacial score (nSPS) is 10.5. The average molecular weight is 511 g/mol. The van der Waals surface area contributed by atoms with Gasteiger partial charge in [0.2, 0.25) is 0 Å². The zero-order valence-electron chi connectivity index (χ0n) is 7.28. The Kier molecular flexibility index (Phi) is 5.85. The Morgan fingerprint density at radius 2 is 1.69 bits per heavy atom. The highest BCUT2D eigenvalue weighted by atomic mass is 127. The van der Waals surface area contributed by atoms with E-state index in [1.165, 1.54) is 29.1 Å². The van der Waals surface area contributed by atoms with Gasteiger partial charge in [-0.05, 0) is 98.3 Å². The van der Waals surface area contributed by atoms with Gasteiger partial charge in [-0.25, -0.2) is 0 Å². The van der Waals surface area contributed by atoms with Crippen molar-refractivity contribution in [1.82, 2.24) is 0 Å². The van der Waals surface area contributed by atoms with E-state index in [-0.39, 0.29) is 0 Å². The molecule has 3 heteroatoms. The van der Waals surface area contributed by atoms with Gasteiger partial charge in [0.15, 0.2) is 0 Å². The summed E-state index contributed by atoms with van der Waals surface area (Å²) in [6, 6.07) is 4.45. The van der Waals surface area contributed by atoms with E-state index in [4.69, 9.17) is 0 Å². The average Bonchev–Trinajstić information content (AvgIpc) is 2.02. The zero-order chi connectivity index (χ0) is 9.84. The third kappa shape index (κ3) is 3.81. The second kappa shape index (κ2) is 6.09. The highest BCUT2D eigenvalue weighted by molar-refractivity contribution is 14.1. The molecule has 0 heterocycles. The maximum absolute atomic E-state index is 2.41. The number of halogens is 3. The van der Waals surface area contributed by atoms with Gasteiger partial charge in [-0.2, -0.15) is 0 Å². The number of hydrogen-bond acceptors (Lipinski definition) is 0. The van der Waals surface area contributed by atoms with Gasteiger partial charge in [-0.15, -0.1) is 0 Å². The van der Waals surface area contributed by atoms with Crippen molar-refractivity contribution < 1.29 is 0 Å². The molecule has 0 bridgehead atoms. The van der Waals surface area contributed by atoms with Gasteiger partial charge < -0.3 is 0 Å². The van der Waals surface area contributed by atoms with Gasteiger partial charge >= 0.3 is 0 Å². The lowest BCUT2D eigenvalue weighted by Gasteiger charge is -2.07. The van der Waals surface area contributed by atoms with Crippen molar-refractivity contribution in [2.45, 2.75) is 19.8 Å². The molecule has 71 valence electrons. The standard InChI is InChI=1S/C10H10I3/c1-2-3-4-8-9(12)5-7(11)6-10(8)13/h4-6H,2-3H2,1H3. The molecule has 0 fully saturated rings. The predicted molar refractivity (Wildman–Crippen MR) is 82.9 cm³/mol. The Hall–Kier alpha value is 1.41. The van der Waals surface area contributed by atoms with E-state index in [0.717, 1.165) is 0 Å². The quantitative estimate of drug-likeness (QED) is 0.510. The maximum atomic E-state index is 2.41. The first-order valence-electron chi connectivity index (χ1n) is 4.13. The second-order valence-electron chi connectivity index (χ2n) is 2.78. The fraction of sp³-hybridized carbons (Fsp3) is 0.300. The van der Waals surface area contributed by atoms with Crippen molar-refractivity contribution in [3.05, 3.63) is 34.8 Å². The summed E-state index contributed by atoms with van der Waals surface area (Å²) in [6.07, 6.45) is 4.73. The van der Waals surface area contributed by atoms with E-state index in [1.807, 2.05) is 0 Å². The molecular weight excluding hydrogens is 501 g/mol. The van der Waals surface area contributed by atoms with Crippen LogP contribution >= 0.6 is 67.8 Å². The molecule has 0 spiro atoms. The van der Waals surface area contributed by atoms with E-state index >= 15 is 0 Å². The molecule has 0 nitrogen and oxygen atoms in total. The molecule has 1 rings (SSSR count). The van der Waals surface area contributed by atoms with Gasteiger partial charge in [0.1, 0.15) is 0 Å². The summed E-state index contributed by atoms with van der Waals surface area (Å²) in [7, 11) is 0. The molecule has 0 aliphatic carbocycles. The third-order valence-electron chi connectivity index (χ3n) is 1.68. The van der Waals surface area contributed by atoms with Crippen LogP contribution in [-0.2, 0) is 0 Å². The first-order chi connectivity index (χ1) is 6.15. The SMILES string of the molecule is CCC[CH]c1c(I)cc(I)cc1I. The Morgan fingerprint density at radius 1 is 1.15 bits per heavy atom. The second-order valence-corrected chi connectivity index (χ2v) is 6.35. The van der Waals surface area contributed by atoms with Crippen LogP contribution in [0.5, 0.6) is 0 Å². The zero-order valence-corrected chi connectivity index (χ0v) is 13.8. The Labute approximate surface area is 121 Å². The van der Waals surface area contributed by atoms with Crippen molar-refractivity contribution in [2.24, 2.45) is 0 Å². The van der Waals surface area contributed by atoms with Gasteiger partial charge in [0.25, 0.3) is 0 Å². The monoisotopic (exact) mass is 511 g/mol. The van der Waals surface area contributed by atoms with Crippen molar-refractivity contribution in [2.75, 3.05) is 0 Å². The number of benzene rings is 1. The van der Waals surface area contributed by atoms with Crippen LogP contribution in [0.25, 0.3) is 0 Å². The van der Waals surface area contributed by atoms with Crippen molar-refractivity contribution in [3.8, 4) is 0 Å². The summed E-state index contributed by atoms with van der Waals surface area (Å²) in [5.74, 6) is 0. The van der Waals surface area contributed by atoms with Crippen LogP contribution in [0.2, 0.25) is 0 Å². The Bertz CT molecular complexity index is 271. The van der Waals surface area contributed by atoms with Gasteiger partial charge in [-0.3, -0.25) is 0 Å². The molecule has 0 saturated carbocycles. The summed E-state index contributed by atoms with van der Waals surface area (Å²) in [6.45, 7) is 2.21. The number of rotatable bonds is 3. The highest BCUT2D eigenvalue weighted by Crippen LogP contribution is 2.25. The summed E-state index contributed by atoms with van der Waals surface area (Å²) in [5.41, 5.74) is 1.41. The molecule has 0 aromatic heterocycles. The number of hydrogen-bond donors (Lipinski definition) is 0. The summed E-state index contributed by atoms with van der Waals surface area (Å²) in [5, 5.41) is 0.